The lowest BCUT2D eigenvalue weighted by molar-refractivity contribution is -0.127. The van der Waals surface area contributed by atoms with Gasteiger partial charge in [0.2, 0.25) is 5.90 Å². The van der Waals surface area contributed by atoms with E-state index >= 15 is 0 Å². The van der Waals surface area contributed by atoms with Crippen molar-refractivity contribution in [1.29, 1.82) is 0 Å². The Morgan fingerprint density at radius 1 is 1.29 bits per heavy atom. The van der Waals surface area contributed by atoms with Crippen molar-refractivity contribution >= 4 is 17.5 Å². The molecule has 21 heavy (non-hydrogen) atoms. The van der Waals surface area contributed by atoms with Gasteiger partial charge in [-0.3, -0.25) is 4.79 Å². The summed E-state index contributed by atoms with van der Waals surface area (Å²) in [5.74, 6) is 0.657. The quantitative estimate of drug-likeness (QED) is 0.852. The molecule has 112 valence electrons. The number of carbonyl (C=O) groups excluding carboxylic acids is 1. The van der Waals surface area contributed by atoms with Crippen LogP contribution < -0.4 is 5.01 Å². The van der Waals surface area contributed by atoms with Crippen molar-refractivity contribution in [2.24, 2.45) is 10.5 Å². The molecule has 5 heteroatoms. The zero-order chi connectivity index (χ0) is 14.9. The lowest BCUT2D eigenvalue weighted by atomic mass is 9.68. The van der Waals surface area contributed by atoms with Crippen molar-refractivity contribution in [1.82, 2.24) is 4.90 Å². The first-order valence-corrected chi connectivity index (χ1v) is 7.40. The minimum Gasteiger partial charge on any atom is -0.478 e. The minimum atomic E-state index is -0.498. The molecule has 1 aliphatic carbocycles. The summed E-state index contributed by atoms with van der Waals surface area (Å²) < 4.78 is 5.84. The van der Waals surface area contributed by atoms with Gasteiger partial charge in [0.15, 0.2) is 0 Å². The van der Waals surface area contributed by atoms with E-state index in [4.69, 9.17) is 4.74 Å². The molecule has 1 heterocycles. The molecule has 2 aliphatic rings. The highest BCUT2D eigenvalue weighted by Crippen LogP contribution is 2.48. The van der Waals surface area contributed by atoms with Crippen molar-refractivity contribution in [3.63, 3.8) is 0 Å². The van der Waals surface area contributed by atoms with Crippen LogP contribution in [0.2, 0.25) is 0 Å². The van der Waals surface area contributed by atoms with E-state index in [0.717, 1.165) is 31.5 Å². The number of hydrazone groups is 1. The summed E-state index contributed by atoms with van der Waals surface area (Å²) in [6, 6.07) is 9.56. The van der Waals surface area contributed by atoms with E-state index in [2.05, 4.69) is 10.0 Å². The van der Waals surface area contributed by atoms with Crippen LogP contribution in [-0.2, 0) is 9.53 Å². The Balaban J connectivity index is 1.80. The van der Waals surface area contributed by atoms with Gasteiger partial charge in [-0.05, 0) is 39.1 Å². The van der Waals surface area contributed by atoms with Gasteiger partial charge in [0.25, 0.3) is 5.91 Å². The smallest absolute Gasteiger partial charge is 0.263 e. The maximum atomic E-state index is 12.7. The second kappa shape index (κ2) is 5.48. The number of benzene rings is 1. The van der Waals surface area contributed by atoms with Crippen molar-refractivity contribution in [3.8, 4) is 0 Å². The lowest BCUT2D eigenvalue weighted by Gasteiger charge is -2.36. The van der Waals surface area contributed by atoms with Gasteiger partial charge in [0.05, 0.1) is 5.69 Å². The van der Waals surface area contributed by atoms with Crippen LogP contribution in [0.1, 0.15) is 19.3 Å². The van der Waals surface area contributed by atoms with Crippen LogP contribution >= 0.6 is 0 Å². The molecule has 1 fully saturated rings. The maximum Gasteiger partial charge on any atom is 0.263 e. The summed E-state index contributed by atoms with van der Waals surface area (Å²) in [4.78, 5) is 14.8. The monoisotopic (exact) mass is 287 g/mol. The molecule has 1 aromatic carbocycles. The minimum absolute atomic E-state index is 0.0554. The second-order valence-electron chi connectivity index (χ2n) is 5.95. The fourth-order valence-electron chi connectivity index (χ4n) is 2.72. The maximum absolute atomic E-state index is 12.7. The molecule has 0 N–H and O–H groups in total. The molecule has 0 aromatic heterocycles. The summed E-state index contributed by atoms with van der Waals surface area (Å²) in [5, 5.41) is 5.98. The third kappa shape index (κ3) is 2.42. The molecule has 0 unspecified atom stereocenters. The number of para-hydroxylation sites is 1. The fourth-order valence-corrected chi connectivity index (χ4v) is 2.72. The predicted molar refractivity (Wildman–Crippen MR) is 82.2 cm³/mol. The number of amides is 1. The average Bonchev–Trinajstić information content (AvgIpc) is 2.72. The van der Waals surface area contributed by atoms with Gasteiger partial charge in [0, 0.05) is 6.54 Å². The summed E-state index contributed by atoms with van der Waals surface area (Å²) in [6.07, 6.45) is 2.75. The fraction of sp³-hybridized carbons (Fsp3) is 0.500. The summed E-state index contributed by atoms with van der Waals surface area (Å²) in [5.41, 5.74) is 0.308. The number of likely N-dealkylation sites (N-methyl/N-ethyl adjacent to an activating group) is 1. The molecule has 0 atom stereocenters. The largest absolute Gasteiger partial charge is 0.478 e. The standard InChI is InChI=1S/C16H21N3O2/c1-18(2)11-12-21-14-16(9-6-10-16)15(20)19(17-14)13-7-4-3-5-8-13/h3-5,7-8H,6,9-12H2,1-2H3. The number of carbonyl (C=O) groups is 1. The van der Waals surface area contributed by atoms with E-state index in [0.29, 0.717) is 12.5 Å². The van der Waals surface area contributed by atoms with Gasteiger partial charge in [0.1, 0.15) is 12.0 Å². The molecule has 1 saturated carbocycles. The Labute approximate surface area is 125 Å². The van der Waals surface area contributed by atoms with E-state index in [1.807, 2.05) is 44.4 Å². The molecular formula is C16H21N3O2. The predicted octanol–water partition coefficient (Wildman–Crippen LogP) is 2.10. The first-order valence-electron chi connectivity index (χ1n) is 7.40. The SMILES string of the molecule is CN(C)CCOC1=NN(c2ccccc2)C(=O)C12CCC2. The van der Waals surface area contributed by atoms with Crippen LogP contribution in [0.4, 0.5) is 5.69 Å². The summed E-state index contributed by atoms with van der Waals surface area (Å²) in [7, 11) is 4.00. The topological polar surface area (TPSA) is 45.1 Å². The van der Waals surface area contributed by atoms with E-state index in [-0.39, 0.29) is 5.91 Å². The zero-order valence-corrected chi connectivity index (χ0v) is 12.6. The number of hydrogen-bond acceptors (Lipinski definition) is 4. The van der Waals surface area contributed by atoms with Crippen LogP contribution in [0, 0.1) is 5.41 Å². The molecule has 0 saturated heterocycles. The number of hydrogen-bond donors (Lipinski definition) is 0. The first kappa shape index (κ1) is 14.1. The molecule has 0 radical (unpaired) electrons. The van der Waals surface area contributed by atoms with Crippen molar-refractivity contribution in [2.75, 3.05) is 32.3 Å². The Morgan fingerprint density at radius 3 is 2.57 bits per heavy atom. The zero-order valence-electron chi connectivity index (χ0n) is 12.6. The molecule has 1 aliphatic heterocycles. The number of rotatable bonds is 4. The Bertz CT molecular complexity index is 550. The highest BCUT2D eigenvalue weighted by molar-refractivity contribution is 6.17. The molecule has 0 bridgehead atoms. The van der Waals surface area contributed by atoms with Gasteiger partial charge in [-0.15, -0.1) is 5.10 Å². The number of ether oxygens (including phenoxy) is 1. The normalized spacial score (nSPS) is 19.9. The van der Waals surface area contributed by atoms with Crippen molar-refractivity contribution < 1.29 is 9.53 Å². The van der Waals surface area contributed by atoms with Crippen LogP contribution in [0.15, 0.2) is 35.4 Å². The van der Waals surface area contributed by atoms with E-state index in [1.54, 1.807) is 0 Å². The summed E-state index contributed by atoms with van der Waals surface area (Å²) >= 11 is 0. The van der Waals surface area contributed by atoms with Crippen LogP contribution in [0.25, 0.3) is 0 Å². The third-order valence-electron chi connectivity index (χ3n) is 4.19. The average molecular weight is 287 g/mol. The lowest BCUT2D eigenvalue weighted by Crippen LogP contribution is -2.46. The van der Waals surface area contributed by atoms with Crippen LogP contribution in [0.5, 0.6) is 0 Å². The van der Waals surface area contributed by atoms with Gasteiger partial charge >= 0.3 is 0 Å². The number of anilines is 1. The van der Waals surface area contributed by atoms with Crippen molar-refractivity contribution in [2.45, 2.75) is 19.3 Å². The molecule has 1 aromatic rings. The van der Waals surface area contributed by atoms with Crippen LogP contribution in [-0.4, -0.2) is 44.0 Å². The Kier molecular flexibility index (Phi) is 3.68. The van der Waals surface area contributed by atoms with Gasteiger partial charge in [-0.1, -0.05) is 24.6 Å². The molecular weight excluding hydrogens is 266 g/mol. The molecule has 3 rings (SSSR count). The van der Waals surface area contributed by atoms with Gasteiger partial charge in [-0.2, -0.15) is 5.01 Å². The highest BCUT2D eigenvalue weighted by Gasteiger charge is 2.56. The van der Waals surface area contributed by atoms with Gasteiger partial charge in [-0.25, -0.2) is 0 Å². The third-order valence-corrected chi connectivity index (χ3v) is 4.19. The van der Waals surface area contributed by atoms with Crippen molar-refractivity contribution in [3.05, 3.63) is 30.3 Å². The van der Waals surface area contributed by atoms with Crippen LogP contribution in [0.3, 0.4) is 0 Å². The Morgan fingerprint density at radius 2 is 2.00 bits per heavy atom. The Hall–Kier alpha value is -1.88. The highest BCUT2D eigenvalue weighted by atomic mass is 16.5. The van der Waals surface area contributed by atoms with E-state index < -0.39 is 5.41 Å². The van der Waals surface area contributed by atoms with E-state index in [9.17, 15) is 4.79 Å². The second-order valence-corrected chi connectivity index (χ2v) is 5.95. The van der Waals surface area contributed by atoms with Gasteiger partial charge < -0.3 is 9.64 Å². The summed E-state index contributed by atoms with van der Waals surface area (Å²) in [6.45, 7) is 1.37. The molecule has 1 spiro atoms. The molecule has 5 nitrogen and oxygen atoms in total. The number of nitrogens with zero attached hydrogens (tertiary/aromatic N) is 3. The van der Waals surface area contributed by atoms with E-state index in [1.165, 1.54) is 5.01 Å². The first-order chi connectivity index (χ1) is 10.1. The molecule has 1 amide bonds.